The molecule has 0 aromatic carbocycles. The second-order valence-corrected chi connectivity index (χ2v) is 5.95. The highest BCUT2D eigenvalue weighted by Crippen LogP contribution is 2.59. The van der Waals surface area contributed by atoms with Crippen LogP contribution in [0.5, 0.6) is 0 Å². The molecule has 4 fully saturated rings. The lowest BCUT2D eigenvalue weighted by Crippen LogP contribution is -2.49. The normalized spacial score (nSPS) is 47.3. The molecule has 0 spiro atoms. The fraction of sp³-hybridized carbons (Fsp3) is 0.833. The van der Waals surface area contributed by atoms with Crippen molar-refractivity contribution in [2.24, 2.45) is 17.8 Å². The van der Waals surface area contributed by atoms with Crippen molar-refractivity contribution in [2.75, 3.05) is 0 Å². The number of rotatable bonds is 1. The maximum atomic E-state index is 4.94. The Balaban J connectivity index is 1.77. The molecular weight excluding hydrogens is 188 g/mol. The van der Waals surface area contributed by atoms with Gasteiger partial charge in [0.15, 0.2) is 5.82 Å². The van der Waals surface area contributed by atoms with Crippen molar-refractivity contribution in [2.45, 2.75) is 43.9 Å². The molecule has 80 valence electrons. The highest BCUT2D eigenvalue weighted by atomic mass is 16.5. The van der Waals surface area contributed by atoms with Gasteiger partial charge in [-0.25, -0.2) is 0 Å². The molecule has 4 aliphatic rings. The van der Waals surface area contributed by atoms with Crippen LogP contribution >= 0.6 is 0 Å². The monoisotopic (exact) mass is 204 g/mol. The predicted molar refractivity (Wildman–Crippen MR) is 54.1 cm³/mol. The molecule has 4 bridgehead atoms. The second-order valence-electron chi connectivity index (χ2n) is 5.95. The third kappa shape index (κ3) is 1.06. The van der Waals surface area contributed by atoms with E-state index in [0.29, 0.717) is 5.41 Å². The summed E-state index contributed by atoms with van der Waals surface area (Å²) in [5.41, 5.74) is 0.307. The van der Waals surface area contributed by atoms with Gasteiger partial charge in [-0.2, -0.15) is 4.98 Å². The summed E-state index contributed by atoms with van der Waals surface area (Å²) in [6.45, 7) is 0. The first kappa shape index (κ1) is 8.31. The van der Waals surface area contributed by atoms with Crippen LogP contribution in [0.4, 0.5) is 0 Å². The molecule has 1 heterocycles. The molecule has 0 radical (unpaired) electrons. The molecular formula is C12H16N2O. The molecule has 0 aliphatic heterocycles. The van der Waals surface area contributed by atoms with E-state index in [-0.39, 0.29) is 0 Å². The fourth-order valence-electron chi connectivity index (χ4n) is 4.79. The SMILES string of the molecule is c1nc(C23CC4CC(CC(C4)C2)C3)no1. The average Bonchev–Trinajstić information content (AvgIpc) is 2.67. The molecule has 15 heavy (non-hydrogen) atoms. The summed E-state index contributed by atoms with van der Waals surface area (Å²) in [5, 5.41) is 4.12. The number of aromatic nitrogens is 2. The van der Waals surface area contributed by atoms with Crippen LogP contribution in [0.3, 0.4) is 0 Å². The molecule has 1 aromatic heterocycles. The highest BCUT2D eigenvalue weighted by molar-refractivity contribution is 5.15. The van der Waals surface area contributed by atoms with Crippen LogP contribution in [-0.2, 0) is 5.41 Å². The van der Waals surface area contributed by atoms with Crippen molar-refractivity contribution in [3.05, 3.63) is 12.2 Å². The Labute approximate surface area is 89.2 Å². The zero-order valence-electron chi connectivity index (χ0n) is 8.85. The number of hydrogen-bond acceptors (Lipinski definition) is 3. The predicted octanol–water partition coefficient (Wildman–Crippen LogP) is 2.54. The lowest BCUT2D eigenvalue weighted by molar-refractivity contribution is -0.0103. The van der Waals surface area contributed by atoms with Crippen LogP contribution in [0.15, 0.2) is 10.9 Å². The van der Waals surface area contributed by atoms with Crippen molar-refractivity contribution < 1.29 is 4.52 Å². The topological polar surface area (TPSA) is 38.9 Å². The Morgan fingerprint density at radius 1 is 1.07 bits per heavy atom. The van der Waals surface area contributed by atoms with Gasteiger partial charge in [-0.05, 0) is 56.3 Å². The highest BCUT2D eigenvalue weighted by Gasteiger charge is 2.53. The molecule has 1 aromatic rings. The molecule has 0 N–H and O–H groups in total. The summed E-state index contributed by atoms with van der Waals surface area (Å²) in [6, 6.07) is 0. The summed E-state index contributed by atoms with van der Waals surface area (Å²) in [6.07, 6.45) is 9.86. The standard InChI is InChI=1S/C12H16N2O/c1-8-2-10-3-9(1)5-12(4-8,6-10)11-13-7-15-14-11/h7-10H,1-6H2. The molecule has 3 heteroatoms. The summed E-state index contributed by atoms with van der Waals surface area (Å²) in [5.74, 6) is 3.86. The molecule has 3 nitrogen and oxygen atoms in total. The third-order valence-corrected chi connectivity index (χ3v) is 4.87. The van der Waals surface area contributed by atoms with Crippen LogP contribution in [0.1, 0.15) is 44.3 Å². The van der Waals surface area contributed by atoms with Gasteiger partial charge in [0.05, 0.1) is 0 Å². The van der Waals surface area contributed by atoms with E-state index in [1.165, 1.54) is 44.9 Å². The van der Waals surface area contributed by atoms with E-state index in [1.54, 1.807) is 0 Å². The molecule has 0 atom stereocenters. The zero-order valence-corrected chi connectivity index (χ0v) is 8.85. The zero-order chi connectivity index (χ0) is 9.88. The van der Waals surface area contributed by atoms with Crippen molar-refractivity contribution in [3.63, 3.8) is 0 Å². The van der Waals surface area contributed by atoms with Crippen molar-refractivity contribution in [3.8, 4) is 0 Å². The van der Waals surface area contributed by atoms with E-state index >= 15 is 0 Å². The molecule has 4 saturated carbocycles. The minimum atomic E-state index is 0.307. The lowest BCUT2D eigenvalue weighted by atomic mass is 9.49. The molecule has 0 unspecified atom stereocenters. The van der Waals surface area contributed by atoms with Gasteiger partial charge >= 0.3 is 0 Å². The van der Waals surface area contributed by atoms with Crippen molar-refractivity contribution in [1.29, 1.82) is 0 Å². The van der Waals surface area contributed by atoms with Crippen LogP contribution in [0.2, 0.25) is 0 Å². The molecule has 0 saturated heterocycles. The molecule has 0 amide bonds. The van der Waals surface area contributed by atoms with Gasteiger partial charge in [-0.3, -0.25) is 0 Å². The van der Waals surface area contributed by atoms with Crippen LogP contribution in [-0.4, -0.2) is 10.1 Å². The maximum Gasteiger partial charge on any atom is 0.213 e. The Bertz CT molecular complexity index is 336. The Morgan fingerprint density at radius 2 is 1.67 bits per heavy atom. The first-order chi connectivity index (χ1) is 7.34. The van der Waals surface area contributed by atoms with E-state index in [2.05, 4.69) is 10.1 Å². The third-order valence-electron chi connectivity index (χ3n) is 4.87. The van der Waals surface area contributed by atoms with Gasteiger partial charge < -0.3 is 4.52 Å². The first-order valence-corrected chi connectivity index (χ1v) is 6.11. The van der Waals surface area contributed by atoms with Gasteiger partial charge in [0, 0.05) is 5.41 Å². The largest absolute Gasteiger partial charge is 0.343 e. The summed E-state index contributed by atoms with van der Waals surface area (Å²) < 4.78 is 4.94. The smallest absolute Gasteiger partial charge is 0.213 e. The van der Waals surface area contributed by atoms with Crippen molar-refractivity contribution >= 4 is 0 Å². The van der Waals surface area contributed by atoms with E-state index in [4.69, 9.17) is 4.52 Å². The summed E-state index contributed by atoms with van der Waals surface area (Å²) in [7, 11) is 0. The first-order valence-electron chi connectivity index (χ1n) is 6.11. The van der Waals surface area contributed by atoms with Gasteiger partial charge in [0.1, 0.15) is 0 Å². The van der Waals surface area contributed by atoms with E-state index in [9.17, 15) is 0 Å². The Morgan fingerprint density at radius 3 is 2.13 bits per heavy atom. The minimum absolute atomic E-state index is 0.307. The summed E-state index contributed by atoms with van der Waals surface area (Å²) in [4.78, 5) is 4.33. The van der Waals surface area contributed by atoms with Crippen LogP contribution in [0.25, 0.3) is 0 Å². The Kier molecular flexibility index (Phi) is 1.46. The summed E-state index contributed by atoms with van der Waals surface area (Å²) >= 11 is 0. The van der Waals surface area contributed by atoms with Gasteiger partial charge in [0.2, 0.25) is 6.39 Å². The van der Waals surface area contributed by atoms with Crippen molar-refractivity contribution in [1.82, 2.24) is 10.1 Å². The average molecular weight is 204 g/mol. The Hall–Kier alpha value is -0.860. The molecule has 4 aliphatic carbocycles. The van der Waals surface area contributed by atoms with Gasteiger partial charge in [0.25, 0.3) is 0 Å². The van der Waals surface area contributed by atoms with E-state index in [0.717, 1.165) is 23.6 Å². The van der Waals surface area contributed by atoms with Gasteiger partial charge in [-0.1, -0.05) is 5.16 Å². The molecule has 5 rings (SSSR count). The number of hydrogen-bond donors (Lipinski definition) is 0. The van der Waals surface area contributed by atoms with E-state index < -0.39 is 0 Å². The maximum absolute atomic E-state index is 4.94. The minimum Gasteiger partial charge on any atom is -0.343 e. The van der Waals surface area contributed by atoms with Crippen LogP contribution < -0.4 is 0 Å². The van der Waals surface area contributed by atoms with Crippen LogP contribution in [0, 0.1) is 17.8 Å². The van der Waals surface area contributed by atoms with Gasteiger partial charge in [-0.15, -0.1) is 0 Å². The lowest BCUT2D eigenvalue weighted by Gasteiger charge is -2.55. The second kappa shape index (κ2) is 2.63. The number of nitrogens with zero attached hydrogens (tertiary/aromatic N) is 2. The fourth-order valence-corrected chi connectivity index (χ4v) is 4.79. The van der Waals surface area contributed by atoms with E-state index in [1.807, 2.05) is 0 Å². The quantitative estimate of drug-likeness (QED) is 0.705.